The first-order chi connectivity index (χ1) is 17.5. The van der Waals surface area contributed by atoms with E-state index in [1.807, 2.05) is 19.0 Å². The maximum absolute atomic E-state index is 14.5. The van der Waals surface area contributed by atoms with Crippen LogP contribution < -0.4 is 0 Å². The smallest absolute Gasteiger partial charge is 0.333 e. The standard InChI is InChI=1S/C26H25F4N5OS/c1-4-35-14-22(25(32-35)26(28,29)30)19-10-16(27)7-8-18(19)21-13-34(24(36)6-5-9-33(2)3)15-23-20(21)11-17(12-31)37-23/h5-8,10-11,14,21H,4,9,13,15H2,1-3H3/b6-5+. The zero-order valence-electron chi connectivity index (χ0n) is 20.5. The molecule has 0 radical (unpaired) electrons. The van der Waals surface area contributed by atoms with Gasteiger partial charge in [-0.1, -0.05) is 12.1 Å². The average Bonchev–Trinajstić information content (AvgIpc) is 3.47. The number of alkyl halides is 3. The van der Waals surface area contributed by atoms with Crippen LogP contribution in [-0.2, 0) is 24.1 Å². The molecule has 4 rings (SSSR count). The molecule has 1 unspecified atom stereocenters. The molecule has 11 heteroatoms. The zero-order chi connectivity index (χ0) is 26.9. The lowest BCUT2D eigenvalue weighted by Crippen LogP contribution is -2.37. The molecule has 6 nitrogen and oxygen atoms in total. The van der Waals surface area contributed by atoms with E-state index >= 15 is 0 Å². The van der Waals surface area contributed by atoms with Crippen molar-refractivity contribution >= 4 is 17.2 Å². The normalized spacial score (nSPS) is 15.9. The molecule has 0 bridgehead atoms. The van der Waals surface area contributed by atoms with Crippen molar-refractivity contribution < 1.29 is 22.4 Å². The van der Waals surface area contributed by atoms with Crippen LogP contribution in [0.5, 0.6) is 0 Å². The van der Waals surface area contributed by atoms with Crippen LogP contribution in [0.3, 0.4) is 0 Å². The van der Waals surface area contributed by atoms with E-state index in [9.17, 15) is 27.6 Å². The van der Waals surface area contributed by atoms with E-state index in [0.29, 0.717) is 17.0 Å². The molecule has 1 aliphatic rings. The minimum Gasteiger partial charge on any atom is -0.333 e. The molecule has 194 valence electrons. The van der Waals surface area contributed by atoms with E-state index in [1.54, 1.807) is 24.0 Å². The molecule has 0 fully saturated rings. The first kappa shape index (κ1) is 26.6. The van der Waals surface area contributed by atoms with Gasteiger partial charge in [-0.3, -0.25) is 9.48 Å². The molecule has 1 atom stereocenters. The van der Waals surface area contributed by atoms with Gasteiger partial charge < -0.3 is 9.80 Å². The number of rotatable bonds is 6. The van der Waals surface area contributed by atoms with Crippen molar-refractivity contribution in [3.63, 3.8) is 0 Å². The van der Waals surface area contributed by atoms with Crippen LogP contribution in [0, 0.1) is 17.1 Å². The van der Waals surface area contributed by atoms with Crippen LogP contribution in [-0.4, -0.2) is 52.7 Å². The molecule has 1 aromatic carbocycles. The summed E-state index contributed by atoms with van der Waals surface area (Å²) in [5.41, 5.74) is -0.0755. The van der Waals surface area contributed by atoms with Crippen molar-refractivity contribution in [3.8, 4) is 17.2 Å². The van der Waals surface area contributed by atoms with Crippen LogP contribution in [0.15, 0.2) is 42.6 Å². The number of aromatic nitrogens is 2. The second kappa shape index (κ2) is 10.5. The van der Waals surface area contributed by atoms with Gasteiger partial charge in [-0.2, -0.15) is 23.5 Å². The first-order valence-electron chi connectivity index (χ1n) is 11.6. The predicted molar refractivity (Wildman–Crippen MR) is 132 cm³/mol. The summed E-state index contributed by atoms with van der Waals surface area (Å²) < 4.78 is 57.4. The minimum atomic E-state index is -4.74. The molecule has 2 aromatic heterocycles. The number of likely N-dealkylation sites (N-methyl/N-ethyl adjacent to an activating group) is 1. The van der Waals surface area contributed by atoms with Gasteiger partial charge >= 0.3 is 6.18 Å². The lowest BCUT2D eigenvalue weighted by atomic mass is 9.83. The van der Waals surface area contributed by atoms with E-state index in [1.165, 1.54) is 40.4 Å². The van der Waals surface area contributed by atoms with Gasteiger partial charge in [0.2, 0.25) is 5.91 Å². The number of fused-ring (bicyclic) bond motifs is 1. The van der Waals surface area contributed by atoms with E-state index in [4.69, 9.17) is 0 Å². The fourth-order valence-corrected chi connectivity index (χ4v) is 5.47. The summed E-state index contributed by atoms with van der Waals surface area (Å²) >= 11 is 1.25. The van der Waals surface area contributed by atoms with Crippen LogP contribution >= 0.6 is 11.3 Å². The Labute approximate surface area is 216 Å². The molecule has 0 N–H and O–H groups in total. The molecule has 0 saturated carbocycles. The molecule has 3 aromatic rings. The van der Waals surface area contributed by atoms with Crippen molar-refractivity contribution in [3.05, 3.63) is 75.0 Å². The summed E-state index contributed by atoms with van der Waals surface area (Å²) in [6.07, 6.45) is -0.266. The predicted octanol–water partition coefficient (Wildman–Crippen LogP) is 5.25. The fraction of sp³-hybridized carbons (Fsp3) is 0.346. The number of amides is 1. The average molecular weight is 532 g/mol. The third-order valence-corrected chi connectivity index (χ3v) is 7.18. The summed E-state index contributed by atoms with van der Waals surface area (Å²) in [5, 5.41) is 13.2. The Balaban J connectivity index is 1.85. The van der Waals surface area contributed by atoms with Crippen molar-refractivity contribution in [1.29, 1.82) is 5.26 Å². The summed E-state index contributed by atoms with van der Waals surface area (Å²) in [6, 6.07) is 7.57. The number of nitrogens with zero attached hydrogens (tertiary/aromatic N) is 5. The number of carbonyl (C=O) groups is 1. The topological polar surface area (TPSA) is 65.2 Å². The summed E-state index contributed by atoms with van der Waals surface area (Å²) in [7, 11) is 3.75. The third-order valence-electron chi connectivity index (χ3n) is 6.14. The molecule has 0 spiro atoms. The van der Waals surface area contributed by atoms with Gasteiger partial charge in [0.25, 0.3) is 0 Å². The van der Waals surface area contributed by atoms with Gasteiger partial charge in [-0.25, -0.2) is 4.39 Å². The number of aryl methyl sites for hydroxylation is 1. The lowest BCUT2D eigenvalue weighted by Gasteiger charge is -2.33. The van der Waals surface area contributed by atoms with Gasteiger partial charge in [0.15, 0.2) is 5.69 Å². The van der Waals surface area contributed by atoms with Crippen LogP contribution in [0.2, 0.25) is 0 Å². The molecule has 0 saturated heterocycles. The number of hydrogen-bond acceptors (Lipinski definition) is 5. The molecule has 1 amide bonds. The molecule has 0 aliphatic carbocycles. The number of carbonyl (C=O) groups excluding carboxylic acids is 1. The number of halogens is 4. The highest BCUT2D eigenvalue weighted by molar-refractivity contribution is 7.12. The maximum atomic E-state index is 14.5. The summed E-state index contributed by atoms with van der Waals surface area (Å²) in [5.74, 6) is -1.49. The van der Waals surface area contributed by atoms with Crippen molar-refractivity contribution in [2.45, 2.75) is 32.1 Å². The Morgan fingerprint density at radius 3 is 2.68 bits per heavy atom. The maximum Gasteiger partial charge on any atom is 0.435 e. The number of hydrogen-bond donors (Lipinski definition) is 0. The zero-order valence-corrected chi connectivity index (χ0v) is 21.3. The van der Waals surface area contributed by atoms with Crippen LogP contribution in [0.1, 0.15) is 39.4 Å². The molecular weight excluding hydrogens is 506 g/mol. The largest absolute Gasteiger partial charge is 0.435 e. The Kier molecular flexibility index (Phi) is 7.52. The Bertz CT molecular complexity index is 1380. The molecular formula is C26H25F4N5OS. The third kappa shape index (κ3) is 5.60. The Morgan fingerprint density at radius 1 is 1.27 bits per heavy atom. The quantitative estimate of drug-likeness (QED) is 0.322. The van der Waals surface area contributed by atoms with Crippen molar-refractivity contribution in [2.75, 3.05) is 27.2 Å². The highest BCUT2D eigenvalue weighted by atomic mass is 32.1. The Morgan fingerprint density at radius 2 is 2.03 bits per heavy atom. The van der Waals surface area contributed by atoms with Gasteiger partial charge in [0.1, 0.15) is 16.8 Å². The van der Waals surface area contributed by atoms with Crippen LogP contribution in [0.4, 0.5) is 17.6 Å². The number of thiophene rings is 1. The molecule has 37 heavy (non-hydrogen) atoms. The monoisotopic (exact) mass is 531 g/mol. The van der Waals surface area contributed by atoms with Gasteiger partial charge in [-0.05, 0) is 55.9 Å². The second-order valence-electron chi connectivity index (χ2n) is 9.01. The first-order valence-corrected chi connectivity index (χ1v) is 12.4. The minimum absolute atomic E-state index is 0.0603. The van der Waals surface area contributed by atoms with Crippen molar-refractivity contribution in [1.82, 2.24) is 19.6 Å². The highest BCUT2D eigenvalue weighted by Crippen LogP contribution is 2.44. The van der Waals surface area contributed by atoms with Crippen molar-refractivity contribution in [2.24, 2.45) is 0 Å². The highest BCUT2D eigenvalue weighted by Gasteiger charge is 2.39. The van der Waals surface area contributed by atoms with Gasteiger partial charge in [-0.15, -0.1) is 11.3 Å². The molecule has 3 heterocycles. The van der Waals surface area contributed by atoms with Gasteiger partial charge in [0.05, 0.1) is 6.54 Å². The van der Waals surface area contributed by atoms with Gasteiger partial charge in [0, 0.05) is 48.3 Å². The van der Waals surface area contributed by atoms with Crippen LogP contribution in [0.25, 0.3) is 11.1 Å². The lowest BCUT2D eigenvalue weighted by molar-refractivity contribution is -0.141. The van der Waals surface area contributed by atoms with E-state index < -0.39 is 23.6 Å². The SMILES string of the molecule is CCn1cc(-c2cc(F)ccc2C2CN(C(=O)/C=C/CN(C)C)Cc3sc(C#N)cc32)c(C(F)(F)F)n1. The second-order valence-corrected chi connectivity index (χ2v) is 10.2. The summed E-state index contributed by atoms with van der Waals surface area (Å²) in [6.45, 7) is 2.89. The van der Waals surface area contributed by atoms with E-state index in [-0.39, 0.29) is 36.7 Å². The number of benzene rings is 1. The van der Waals surface area contributed by atoms with E-state index in [2.05, 4.69) is 11.2 Å². The summed E-state index contributed by atoms with van der Waals surface area (Å²) in [4.78, 5) is 17.7. The number of nitriles is 1. The Hall–Kier alpha value is -3.49. The van der Waals surface area contributed by atoms with E-state index in [0.717, 1.165) is 16.5 Å². The molecule has 1 aliphatic heterocycles. The fourth-order valence-electron chi connectivity index (χ4n) is 4.43.